The predicted octanol–water partition coefficient (Wildman–Crippen LogP) is 4.96. The van der Waals surface area contributed by atoms with Crippen molar-refractivity contribution in [3.63, 3.8) is 0 Å². The van der Waals surface area contributed by atoms with Crippen molar-refractivity contribution >= 4 is 34.4 Å². The first-order valence-corrected chi connectivity index (χ1v) is 9.73. The first-order chi connectivity index (χ1) is 14.9. The van der Waals surface area contributed by atoms with Crippen molar-refractivity contribution in [1.82, 2.24) is 0 Å². The SMILES string of the molecule is COC(=O)c1ccc(NC(=O)/C(C#N)=C\c2c(OC(C)C)ccc3ccccc23)cc1. The average Bonchev–Trinajstić information content (AvgIpc) is 2.77. The minimum absolute atomic E-state index is 0.0676. The fourth-order valence-corrected chi connectivity index (χ4v) is 3.08. The molecule has 0 saturated heterocycles. The smallest absolute Gasteiger partial charge is 0.337 e. The molecule has 0 atom stereocenters. The standard InChI is InChI=1S/C25H22N2O4/c1-16(2)31-23-13-10-17-6-4-5-7-21(17)22(23)14-19(15-26)24(28)27-20-11-8-18(9-12-20)25(29)30-3/h4-14,16H,1-3H3,(H,27,28)/b19-14-. The largest absolute Gasteiger partial charge is 0.490 e. The lowest BCUT2D eigenvalue weighted by molar-refractivity contribution is -0.112. The highest BCUT2D eigenvalue weighted by Gasteiger charge is 2.15. The van der Waals surface area contributed by atoms with Crippen LogP contribution in [0.2, 0.25) is 0 Å². The summed E-state index contributed by atoms with van der Waals surface area (Å²) in [6, 6.07) is 19.7. The molecule has 0 radical (unpaired) electrons. The van der Waals surface area contributed by atoms with E-state index >= 15 is 0 Å². The van der Waals surface area contributed by atoms with Crippen molar-refractivity contribution in [2.45, 2.75) is 20.0 Å². The molecule has 156 valence electrons. The highest BCUT2D eigenvalue weighted by atomic mass is 16.5. The summed E-state index contributed by atoms with van der Waals surface area (Å²) in [4.78, 5) is 24.3. The molecule has 6 heteroatoms. The van der Waals surface area contributed by atoms with Crippen molar-refractivity contribution in [2.75, 3.05) is 12.4 Å². The summed E-state index contributed by atoms with van der Waals surface area (Å²) in [7, 11) is 1.30. The minimum Gasteiger partial charge on any atom is -0.490 e. The van der Waals surface area contributed by atoms with E-state index in [-0.39, 0.29) is 11.7 Å². The van der Waals surface area contributed by atoms with Crippen molar-refractivity contribution in [1.29, 1.82) is 5.26 Å². The van der Waals surface area contributed by atoms with Crippen molar-refractivity contribution < 1.29 is 19.1 Å². The van der Waals surface area contributed by atoms with Gasteiger partial charge in [0.2, 0.25) is 0 Å². The molecule has 1 N–H and O–H groups in total. The van der Waals surface area contributed by atoms with Crippen molar-refractivity contribution in [3.05, 3.63) is 77.4 Å². The average molecular weight is 414 g/mol. The Balaban J connectivity index is 1.95. The zero-order chi connectivity index (χ0) is 22.4. The van der Waals surface area contributed by atoms with Crippen LogP contribution in [0.25, 0.3) is 16.8 Å². The van der Waals surface area contributed by atoms with E-state index in [0.29, 0.717) is 22.6 Å². The van der Waals surface area contributed by atoms with Crippen LogP contribution in [0.15, 0.2) is 66.2 Å². The lowest BCUT2D eigenvalue weighted by atomic mass is 10.0. The molecule has 0 unspecified atom stereocenters. The fraction of sp³-hybridized carbons (Fsp3) is 0.160. The van der Waals surface area contributed by atoms with Gasteiger partial charge in [0.25, 0.3) is 5.91 Å². The van der Waals surface area contributed by atoms with Crippen LogP contribution in [0, 0.1) is 11.3 Å². The van der Waals surface area contributed by atoms with Gasteiger partial charge in [-0.15, -0.1) is 0 Å². The third-order valence-electron chi connectivity index (χ3n) is 4.51. The number of ether oxygens (including phenoxy) is 2. The number of nitrogens with zero attached hydrogens (tertiary/aromatic N) is 1. The molecule has 0 aliphatic carbocycles. The molecule has 0 aliphatic heterocycles. The Morgan fingerprint density at radius 3 is 2.39 bits per heavy atom. The summed E-state index contributed by atoms with van der Waals surface area (Å²) in [5.74, 6) is -0.433. The zero-order valence-electron chi connectivity index (χ0n) is 17.5. The number of hydrogen-bond donors (Lipinski definition) is 1. The van der Waals surface area contributed by atoms with Gasteiger partial charge in [0.05, 0.1) is 18.8 Å². The van der Waals surface area contributed by atoms with Crippen LogP contribution in [0.3, 0.4) is 0 Å². The van der Waals surface area contributed by atoms with E-state index in [1.54, 1.807) is 12.1 Å². The van der Waals surface area contributed by atoms with Gasteiger partial charge in [-0.05, 0) is 61.0 Å². The molecule has 3 aromatic carbocycles. The molecule has 0 fully saturated rings. The van der Waals surface area contributed by atoms with Crippen LogP contribution in [0.1, 0.15) is 29.8 Å². The van der Waals surface area contributed by atoms with E-state index in [1.807, 2.05) is 56.3 Å². The Kier molecular flexibility index (Phi) is 6.68. The minimum atomic E-state index is -0.559. The number of fused-ring (bicyclic) bond motifs is 1. The number of carbonyl (C=O) groups is 2. The number of rotatable bonds is 6. The summed E-state index contributed by atoms with van der Waals surface area (Å²) in [6.45, 7) is 3.83. The van der Waals surface area contributed by atoms with E-state index in [2.05, 4.69) is 10.1 Å². The second-order valence-electron chi connectivity index (χ2n) is 7.06. The molecule has 0 saturated carbocycles. The predicted molar refractivity (Wildman–Crippen MR) is 120 cm³/mol. The molecule has 31 heavy (non-hydrogen) atoms. The van der Waals surface area contributed by atoms with E-state index in [0.717, 1.165) is 10.8 Å². The molecule has 6 nitrogen and oxygen atoms in total. The number of anilines is 1. The van der Waals surface area contributed by atoms with Gasteiger partial charge in [-0.2, -0.15) is 5.26 Å². The molecule has 0 bridgehead atoms. The lowest BCUT2D eigenvalue weighted by Gasteiger charge is -2.15. The molecule has 0 aromatic heterocycles. The topological polar surface area (TPSA) is 88.4 Å². The van der Waals surface area contributed by atoms with Gasteiger partial charge < -0.3 is 14.8 Å². The monoisotopic (exact) mass is 414 g/mol. The molecule has 1 amide bonds. The maximum absolute atomic E-state index is 12.8. The van der Waals surface area contributed by atoms with Crippen molar-refractivity contribution in [3.8, 4) is 11.8 Å². The summed E-state index contributed by atoms with van der Waals surface area (Å²) < 4.78 is 10.6. The summed E-state index contributed by atoms with van der Waals surface area (Å²) in [6.07, 6.45) is 1.47. The number of hydrogen-bond acceptors (Lipinski definition) is 5. The van der Waals surface area contributed by atoms with Gasteiger partial charge in [0, 0.05) is 11.3 Å². The van der Waals surface area contributed by atoms with Gasteiger partial charge in [-0.25, -0.2) is 4.79 Å². The van der Waals surface area contributed by atoms with Crippen LogP contribution in [-0.4, -0.2) is 25.1 Å². The van der Waals surface area contributed by atoms with E-state index in [1.165, 1.54) is 25.3 Å². The van der Waals surface area contributed by atoms with Gasteiger partial charge in [0.1, 0.15) is 17.4 Å². The van der Waals surface area contributed by atoms with Crippen LogP contribution in [0.4, 0.5) is 5.69 Å². The molecular weight excluding hydrogens is 392 g/mol. The Hall–Kier alpha value is -4.11. The van der Waals surface area contributed by atoms with Crippen molar-refractivity contribution in [2.24, 2.45) is 0 Å². The van der Waals surface area contributed by atoms with Crippen LogP contribution >= 0.6 is 0 Å². The highest BCUT2D eigenvalue weighted by Crippen LogP contribution is 2.31. The second kappa shape index (κ2) is 9.59. The zero-order valence-corrected chi connectivity index (χ0v) is 17.5. The molecule has 3 rings (SSSR count). The first kappa shape index (κ1) is 21.6. The molecule has 0 spiro atoms. The van der Waals surface area contributed by atoms with Crippen LogP contribution in [0.5, 0.6) is 5.75 Å². The summed E-state index contributed by atoms with van der Waals surface area (Å²) in [5.41, 5.74) is 1.42. The van der Waals surface area contributed by atoms with E-state index in [9.17, 15) is 14.9 Å². The Morgan fingerprint density at radius 1 is 1.03 bits per heavy atom. The third-order valence-corrected chi connectivity index (χ3v) is 4.51. The lowest BCUT2D eigenvalue weighted by Crippen LogP contribution is -2.14. The molecular formula is C25H22N2O4. The maximum atomic E-state index is 12.8. The summed E-state index contributed by atoms with van der Waals surface area (Å²) >= 11 is 0. The maximum Gasteiger partial charge on any atom is 0.337 e. The normalized spacial score (nSPS) is 11.1. The number of methoxy groups -OCH3 is 1. The van der Waals surface area contributed by atoms with Gasteiger partial charge in [-0.3, -0.25) is 4.79 Å². The second-order valence-corrected chi connectivity index (χ2v) is 7.06. The fourth-order valence-electron chi connectivity index (χ4n) is 3.08. The quantitative estimate of drug-likeness (QED) is 0.350. The Labute approximate surface area is 180 Å². The van der Waals surface area contributed by atoms with Crippen LogP contribution < -0.4 is 10.1 Å². The molecule has 3 aromatic rings. The third kappa shape index (κ3) is 5.09. The number of esters is 1. The van der Waals surface area contributed by atoms with E-state index < -0.39 is 11.9 Å². The number of benzene rings is 3. The van der Waals surface area contributed by atoms with E-state index in [4.69, 9.17) is 4.74 Å². The Morgan fingerprint density at radius 2 is 1.74 bits per heavy atom. The highest BCUT2D eigenvalue weighted by molar-refractivity contribution is 6.11. The Bertz CT molecular complexity index is 1190. The molecule has 0 heterocycles. The number of nitriles is 1. The summed E-state index contributed by atoms with van der Waals surface area (Å²) in [5, 5.41) is 14.2. The number of nitrogens with one attached hydrogen (secondary N) is 1. The number of carbonyl (C=O) groups excluding carboxylic acids is 2. The van der Waals surface area contributed by atoms with Crippen LogP contribution in [-0.2, 0) is 9.53 Å². The van der Waals surface area contributed by atoms with Gasteiger partial charge in [-0.1, -0.05) is 30.3 Å². The number of amides is 1. The van der Waals surface area contributed by atoms with Gasteiger partial charge >= 0.3 is 5.97 Å². The first-order valence-electron chi connectivity index (χ1n) is 9.73. The molecule has 0 aliphatic rings. The van der Waals surface area contributed by atoms with Gasteiger partial charge in [0.15, 0.2) is 0 Å².